The molecule has 1 heterocycles. The van der Waals surface area contributed by atoms with E-state index >= 15 is 0 Å². The van der Waals surface area contributed by atoms with Crippen LogP contribution in [0.4, 0.5) is 0 Å². The summed E-state index contributed by atoms with van der Waals surface area (Å²) in [5, 5.41) is 22.3. The first-order valence-corrected chi connectivity index (χ1v) is 6.28. The first kappa shape index (κ1) is 15.9. The van der Waals surface area contributed by atoms with Crippen LogP contribution >= 0.6 is 0 Å². The van der Waals surface area contributed by atoms with Gasteiger partial charge >= 0.3 is 0 Å². The lowest BCUT2D eigenvalue weighted by Crippen LogP contribution is -2.59. The first-order valence-electron chi connectivity index (χ1n) is 6.28. The van der Waals surface area contributed by atoms with Crippen molar-refractivity contribution in [2.45, 2.75) is 44.4 Å². The topological polar surface area (TPSA) is 88.0 Å². The number of rotatable bonds is 5. The molecule has 108 valence electrons. The SMILES string of the molecule is C#CCCCNC(=O)[C@H]1O[C@@H](OC)[C@H](C)[C@@H](O)[C@H]1O. The number of methoxy groups -OCH3 is 1. The molecule has 6 nitrogen and oxygen atoms in total. The molecule has 1 aliphatic heterocycles. The van der Waals surface area contributed by atoms with Gasteiger partial charge in [-0.25, -0.2) is 0 Å². The Kier molecular flexibility index (Phi) is 6.25. The van der Waals surface area contributed by atoms with Gasteiger partial charge in [0.15, 0.2) is 12.4 Å². The molecule has 6 heteroatoms. The number of nitrogens with one attached hydrogen (secondary N) is 1. The van der Waals surface area contributed by atoms with Crippen LogP contribution < -0.4 is 5.32 Å². The number of terminal acetylenes is 1. The van der Waals surface area contributed by atoms with Gasteiger partial charge in [-0.05, 0) is 6.42 Å². The second kappa shape index (κ2) is 7.46. The number of ether oxygens (including phenoxy) is 2. The summed E-state index contributed by atoms with van der Waals surface area (Å²) in [6, 6.07) is 0. The highest BCUT2D eigenvalue weighted by Gasteiger charge is 2.45. The molecule has 0 spiro atoms. The zero-order chi connectivity index (χ0) is 14.4. The van der Waals surface area contributed by atoms with Crippen LogP contribution in [0.2, 0.25) is 0 Å². The summed E-state index contributed by atoms with van der Waals surface area (Å²) < 4.78 is 10.4. The Labute approximate surface area is 113 Å². The lowest BCUT2D eigenvalue weighted by atomic mass is 9.92. The number of hydrogen-bond donors (Lipinski definition) is 3. The van der Waals surface area contributed by atoms with Crippen LogP contribution in [0.15, 0.2) is 0 Å². The summed E-state index contributed by atoms with van der Waals surface area (Å²) in [5.74, 6) is 1.58. The quantitative estimate of drug-likeness (QED) is 0.452. The minimum atomic E-state index is -1.27. The molecule has 1 saturated heterocycles. The molecule has 0 aromatic heterocycles. The normalized spacial score (nSPS) is 34.6. The third kappa shape index (κ3) is 3.91. The molecule has 19 heavy (non-hydrogen) atoms. The number of hydrogen-bond acceptors (Lipinski definition) is 5. The summed E-state index contributed by atoms with van der Waals surface area (Å²) in [5.41, 5.74) is 0. The van der Waals surface area contributed by atoms with Gasteiger partial charge in [-0.15, -0.1) is 12.3 Å². The summed E-state index contributed by atoms with van der Waals surface area (Å²) >= 11 is 0. The maximum Gasteiger partial charge on any atom is 0.252 e. The fourth-order valence-electron chi connectivity index (χ4n) is 1.99. The number of aliphatic hydroxyl groups excluding tert-OH is 2. The van der Waals surface area contributed by atoms with Gasteiger partial charge in [-0.3, -0.25) is 4.79 Å². The van der Waals surface area contributed by atoms with E-state index in [1.54, 1.807) is 6.92 Å². The Morgan fingerprint density at radius 2 is 2.16 bits per heavy atom. The molecule has 1 aliphatic rings. The van der Waals surface area contributed by atoms with Gasteiger partial charge in [0.25, 0.3) is 5.91 Å². The van der Waals surface area contributed by atoms with Crippen LogP contribution in [0.25, 0.3) is 0 Å². The maximum absolute atomic E-state index is 11.9. The monoisotopic (exact) mass is 271 g/mol. The number of carbonyl (C=O) groups is 1. The molecular formula is C13H21NO5. The van der Waals surface area contributed by atoms with Crippen molar-refractivity contribution in [3.8, 4) is 12.3 Å². The second-order valence-corrected chi connectivity index (χ2v) is 4.60. The van der Waals surface area contributed by atoms with E-state index in [1.165, 1.54) is 7.11 Å². The number of carbonyl (C=O) groups excluding carboxylic acids is 1. The Balaban J connectivity index is 2.55. The molecular weight excluding hydrogens is 250 g/mol. The molecule has 0 aliphatic carbocycles. The molecule has 0 radical (unpaired) electrons. The van der Waals surface area contributed by atoms with Gasteiger partial charge in [-0.1, -0.05) is 6.92 Å². The lowest BCUT2D eigenvalue weighted by Gasteiger charge is -2.39. The number of amides is 1. The Hall–Kier alpha value is -1.13. The highest BCUT2D eigenvalue weighted by Crippen LogP contribution is 2.26. The molecule has 5 atom stereocenters. The first-order chi connectivity index (χ1) is 9.02. The van der Waals surface area contributed by atoms with E-state index < -0.39 is 36.4 Å². The zero-order valence-electron chi connectivity index (χ0n) is 11.2. The smallest absolute Gasteiger partial charge is 0.252 e. The minimum Gasteiger partial charge on any atom is -0.390 e. The minimum absolute atomic E-state index is 0.402. The van der Waals surface area contributed by atoms with Gasteiger partial charge in [0.2, 0.25) is 0 Å². The molecule has 0 saturated carbocycles. The third-order valence-corrected chi connectivity index (χ3v) is 3.20. The molecule has 0 bridgehead atoms. The van der Waals surface area contributed by atoms with Crippen molar-refractivity contribution in [1.82, 2.24) is 5.32 Å². The Bertz CT molecular complexity index is 338. The van der Waals surface area contributed by atoms with E-state index in [2.05, 4.69) is 11.2 Å². The molecule has 1 rings (SSSR count). The summed E-state index contributed by atoms with van der Waals surface area (Å²) in [6.07, 6.45) is 2.12. The molecule has 0 aromatic carbocycles. The molecule has 1 fully saturated rings. The second-order valence-electron chi connectivity index (χ2n) is 4.60. The molecule has 3 N–H and O–H groups in total. The van der Waals surface area contributed by atoms with Gasteiger partial charge in [0.1, 0.15) is 6.10 Å². The van der Waals surface area contributed by atoms with Crippen molar-refractivity contribution >= 4 is 5.91 Å². The van der Waals surface area contributed by atoms with E-state index in [1.807, 2.05) is 0 Å². The highest BCUT2D eigenvalue weighted by molar-refractivity contribution is 5.81. The van der Waals surface area contributed by atoms with Crippen molar-refractivity contribution in [3.05, 3.63) is 0 Å². The zero-order valence-corrected chi connectivity index (χ0v) is 11.2. The Morgan fingerprint density at radius 1 is 1.47 bits per heavy atom. The van der Waals surface area contributed by atoms with Crippen molar-refractivity contribution in [2.75, 3.05) is 13.7 Å². The van der Waals surface area contributed by atoms with Crippen LogP contribution in [-0.4, -0.2) is 54.4 Å². The van der Waals surface area contributed by atoms with Gasteiger partial charge in [0, 0.05) is 26.0 Å². The maximum atomic E-state index is 11.9. The van der Waals surface area contributed by atoms with Gasteiger partial charge in [0.05, 0.1) is 6.10 Å². The summed E-state index contributed by atoms with van der Waals surface area (Å²) in [7, 11) is 1.42. The van der Waals surface area contributed by atoms with E-state index in [0.717, 1.165) is 0 Å². The number of unbranched alkanes of at least 4 members (excludes halogenated alkanes) is 1. The molecule has 1 amide bonds. The molecule has 0 aromatic rings. The summed E-state index contributed by atoms with van der Waals surface area (Å²) in [6.45, 7) is 2.09. The van der Waals surface area contributed by atoms with Crippen LogP contribution in [-0.2, 0) is 14.3 Å². The van der Waals surface area contributed by atoms with Crippen molar-refractivity contribution < 1.29 is 24.5 Å². The van der Waals surface area contributed by atoms with Crippen molar-refractivity contribution in [1.29, 1.82) is 0 Å². The predicted molar refractivity (Wildman–Crippen MR) is 67.9 cm³/mol. The van der Waals surface area contributed by atoms with Crippen LogP contribution in [0.5, 0.6) is 0 Å². The fraction of sp³-hybridized carbons (Fsp3) is 0.769. The van der Waals surface area contributed by atoms with Gasteiger partial charge in [-0.2, -0.15) is 0 Å². The number of aliphatic hydroxyl groups is 2. The van der Waals surface area contributed by atoms with E-state index in [-0.39, 0.29) is 0 Å². The van der Waals surface area contributed by atoms with Gasteiger partial charge < -0.3 is 25.0 Å². The van der Waals surface area contributed by atoms with Crippen LogP contribution in [0.1, 0.15) is 19.8 Å². The average molecular weight is 271 g/mol. The standard InChI is InChI=1S/C13H21NO5/c1-4-5-6-7-14-12(17)11-10(16)9(15)8(2)13(18-3)19-11/h1,8-11,13,15-16H,5-7H2,2-3H3,(H,14,17)/t8-,9-,10-,11+,13-/m1/s1. The predicted octanol–water partition coefficient (Wildman–Crippen LogP) is -0.755. The van der Waals surface area contributed by atoms with E-state index in [0.29, 0.717) is 19.4 Å². The van der Waals surface area contributed by atoms with Crippen molar-refractivity contribution in [3.63, 3.8) is 0 Å². The average Bonchev–Trinajstić information content (AvgIpc) is 2.41. The lowest BCUT2D eigenvalue weighted by molar-refractivity contribution is -0.263. The molecule has 0 unspecified atom stereocenters. The van der Waals surface area contributed by atoms with E-state index in [4.69, 9.17) is 15.9 Å². The van der Waals surface area contributed by atoms with Crippen LogP contribution in [0.3, 0.4) is 0 Å². The largest absolute Gasteiger partial charge is 0.390 e. The fourth-order valence-corrected chi connectivity index (χ4v) is 1.99. The Morgan fingerprint density at radius 3 is 2.74 bits per heavy atom. The van der Waals surface area contributed by atoms with E-state index in [9.17, 15) is 15.0 Å². The van der Waals surface area contributed by atoms with Crippen molar-refractivity contribution in [2.24, 2.45) is 5.92 Å². The summed E-state index contributed by atoms with van der Waals surface area (Å²) in [4.78, 5) is 11.9. The highest BCUT2D eigenvalue weighted by atomic mass is 16.7. The van der Waals surface area contributed by atoms with Crippen LogP contribution in [0, 0.1) is 18.3 Å². The third-order valence-electron chi connectivity index (χ3n) is 3.20.